The summed E-state index contributed by atoms with van der Waals surface area (Å²) in [5.41, 5.74) is 0.723. The highest BCUT2D eigenvalue weighted by Crippen LogP contribution is 2.18. The van der Waals surface area contributed by atoms with Gasteiger partial charge < -0.3 is 10.4 Å². The van der Waals surface area contributed by atoms with Gasteiger partial charge in [-0.25, -0.2) is 4.79 Å². The van der Waals surface area contributed by atoms with Crippen LogP contribution in [0.4, 0.5) is 0 Å². The molecule has 1 amide bonds. The summed E-state index contributed by atoms with van der Waals surface area (Å²) in [6.45, 7) is 3.65. The van der Waals surface area contributed by atoms with Crippen molar-refractivity contribution in [3.63, 3.8) is 0 Å². The predicted molar refractivity (Wildman–Crippen MR) is 92.1 cm³/mol. The van der Waals surface area contributed by atoms with Gasteiger partial charge in [-0.2, -0.15) is 4.80 Å². The van der Waals surface area contributed by atoms with Crippen LogP contribution in [0.25, 0.3) is 11.4 Å². The minimum atomic E-state index is -1.06. The maximum absolute atomic E-state index is 12.4. The Kier molecular flexibility index (Phi) is 6.46. The summed E-state index contributed by atoms with van der Waals surface area (Å²) in [6.07, 6.45) is 1.41. The molecule has 0 aliphatic rings. The topological polar surface area (TPSA) is 110 Å². The van der Waals surface area contributed by atoms with Crippen molar-refractivity contribution in [1.29, 1.82) is 0 Å². The highest BCUT2D eigenvalue weighted by molar-refractivity contribution is 6.30. The highest BCUT2D eigenvalue weighted by Gasteiger charge is 2.26. The maximum Gasteiger partial charge on any atom is 0.326 e. The molecule has 2 atom stereocenters. The first-order valence-corrected chi connectivity index (χ1v) is 8.42. The van der Waals surface area contributed by atoms with E-state index in [1.54, 1.807) is 31.2 Å². The van der Waals surface area contributed by atoms with Gasteiger partial charge in [-0.05, 0) is 42.3 Å². The number of hydrogen-bond acceptors (Lipinski definition) is 5. The molecule has 0 bridgehead atoms. The minimum absolute atomic E-state index is 0.359. The standard InChI is InChI=1S/C16H20ClN5O3/c1-3-5-12(16(24)25)18-15(23)13(4-2)22-20-14(19-21-22)10-6-8-11(17)9-7-10/h6-9,12-13H,3-5H2,1-2H3,(H,18,23)(H,24,25). The summed E-state index contributed by atoms with van der Waals surface area (Å²) >= 11 is 5.86. The normalized spacial score (nSPS) is 13.2. The number of tetrazole rings is 1. The summed E-state index contributed by atoms with van der Waals surface area (Å²) in [7, 11) is 0. The van der Waals surface area contributed by atoms with E-state index in [1.165, 1.54) is 4.80 Å². The zero-order valence-corrected chi connectivity index (χ0v) is 14.8. The quantitative estimate of drug-likeness (QED) is 0.742. The summed E-state index contributed by atoms with van der Waals surface area (Å²) < 4.78 is 0. The van der Waals surface area contributed by atoms with Crippen molar-refractivity contribution < 1.29 is 14.7 Å². The average Bonchev–Trinajstić information content (AvgIpc) is 3.05. The van der Waals surface area contributed by atoms with Crippen LogP contribution in [-0.2, 0) is 9.59 Å². The predicted octanol–water partition coefficient (Wildman–Crippen LogP) is 2.31. The van der Waals surface area contributed by atoms with Gasteiger partial charge >= 0.3 is 5.97 Å². The number of amides is 1. The lowest BCUT2D eigenvalue weighted by Crippen LogP contribution is -2.44. The first-order chi connectivity index (χ1) is 12.0. The van der Waals surface area contributed by atoms with Crippen LogP contribution in [0.15, 0.2) is 24.3 Å². The Labute approximate surface area is 150 Å². The third kappa shape index (κ3) is 4.76. The van der Waals surface area contributed by atoms with E-state index < -0.39 is 24.0 Å². The van der Waals surface area contributed by atoms with Crippen molar-refractivity contribution >= 4 is 23.5 Å². The Bertz CT molecular complexity index is 732. The van der Waals surface area contributed by atoms with Gasteiger partial charge in [-0.1, -0.05) is 31.9 Å². The Morgan fingerprint density at radius 3 is 2.52 bits per heavy atom. The summed E-state index contributed by atoms with van der Waals surface area (Å²) in [4.78, 5) is 24.9. The van der Waals surface area contributed by atoms with Gasteiger partial charge in [0.05, 0.1) is 0 Å². The molecule has 2 N–H and O–H groups in total. The zero-order valence-electron chi connectivity index (χ0n) is 14.0. The van der Waals surface area contributed by atoms with Crippen molar-refractivity contribution in [3.05, 3.63) is 29.3 Å². The van der Waals surface area contributed by atoms with E-state index in [4.69, 9.17) is 11.6 Å². The lowest BCUT2D eigenvalue weighted by molar-refractivity contribution is -0.142. The molecule has 0 saturated carbocycles. The van der Waals surface area contributed by atoms with Gasteiger partial charge in [0.15, 0.2) is 6.04 Å². The molecule has 134 valence electrons. The number of aromatic nitrogens is 4. The minimum Gasteiger partial charge on any atom is -0.480 e. The largest absolute Gasteiger partial charge is 0.480 e. The Morgan fingerprint density at radius 2 is 1.96 bits per heavy atom. The summed E-state index contributed by atoms with van der Waals surface area (Å²) in [5.74, 6) is -1.13. The van der Waals surface area contributed by atoms with Gasteiger partial charge in [-0.3, -0.25) is 4.79 Å². The number of nitrogens with zero attached hydrogens (tertiary/aromatic N) is 4. The van der Waals surface area contributed by atoms with E-state index in [0.29, 0.717) is 30.1 Å². The molecule has 2 rings (SSSR count). The van der Waals surface area contributed by atoms with E-state index in [9.17, 15) is 14.7 Å². The van der Waals surface area contributed by atoms with Crippen molar-refractivity contribution in [2.45, 2.75) is 45.2 Å². The fourth-order valence-electron chi connectivity index (χ4n) is 2.34. The molecule has 0 radical (unpaired) electrons. The molecule has 2 unspecified atom stereocenters. The number of carbonyl (C=O) groups is 2. The van der Waals surface area contributed by atoms with Crippen LogP contribution in [0.5, 0.6) is 0 Å². The van der Waals surface area contributed by atoms with E-state index in [0.717, 1.165) is 5.56 Å². The van der Waals surface area contributed by atoms with E-state index in [2.05, 4.69) is 20.7 Å². The van der Waals surface area contributed by atoms with Crippen LogP contribution in [0.2, 0.25) is 5.02 Å². The van der Waals surface area contributed by atoms with Crippen molar-refractivity contribution in [1.82, 2.24) is 25.5 Å². The highest BCUT2D eigenvalue weighted by atomic mass is 35.5. The van der Waals surface area contributed by atoms with Crippen molar-refractivity contribution in [2.75, 3.05) is 0 Å². The molecule has 0 fully saturated rings. The molecule has 8 nitrogen and oxygen atoms in total. The van der Waals surface area contributed by atoms with Crippen LogP contribution in [0.3, 0.4) is 0 Å². The number of carbonyl (C=O) groups excluding carboxylic acids is 1. The maximum atomic E-state index is 12.4. The molecule has 25 heavy (non-hydrogen) atoms. The van der Waals surface area contributed by atoms with Crippen LogP contribution < -0.4 is 5.32 Å². The third-order valence-corrected chi connectivity index (χ3v) is 3.94. The molecule has 9 heteroatoms. The Balaban J connectivity index is 2.16. The van der Waals surface area contributed by atoms with Crippen LogP contribution in [-0.4, -0.2) is 43.2 Å². The molecule has 1 aromatic carbocycles. The molecular formula is C16H20ClN5O3. The number of aliphatic carboxylic acids is 1. The van der Waals surface area contributed by atoms with Crippen molar-refractivity contribution in [3.8, 4) is 11.4 Å². The lowest BCUT2D eigenvalue weighted by Gasteiger charge is -2.18. The third-order valence-electron chi connectivity index (χ3n) is 3.69. The van der Waals surface area contributed by atoms with Gasteiger partial charge in [0.1, 0.15) is 6.04 Å². The number of carboxylic acids is 1. The SMILES string of the molecule is CCCC(NC(=O)C(CC)n1nnc(-c2ccc(Cl)cc2)n1)C(=O)O. The van der Waals surface area contributed by atoms with Crippen LogP contribution >= 0.6 is 11.6 Å². The van der Waals surface area contributed by atoms with E-state index in [1.807, 2.05) is 6.92 Å². The second kappa shape index (κ2) is 8.57. The Morgan fingerprint density at radius 1 is 1.28 bits per heavy atom. The fourth-order valence-corrected chi connectivity index (χ4v) is 2.47. The molecule has 0 saturated heterocycles. The number of rotatable bonds is 8. The van der Waals surface area contributed by atoms with Gasteiger partial charge in [-0.15, -0.1) is 10.2 Å². The van der Waals surface area contributed by atoms with Gasteiger partial charge in [0, 0.05) is 10.6 Å². The smallest absolute Gasteiger partial charge is 0.326 e. The fraction of sp³-hybridized carbons (Fsp3) is 0.438. The first-order valence-electron chi connectivity index (χ1n) is 8.04. The zero-order chi connectivity index (χ0) is 18.4. The average molecular weight is 366 g/mol. The monoisotopic (exact) mass is 365 g/mol. The molecule has 1 heterocycles. The molecule has 2 aromatic rings. The molecule has 1 aromatic heterocycles. The number of hydrogen-bond donors (Lipinski definition) is 2. The van der Waals surface area contributed by atoms with Crippen LogP contribution in [0, 0.1) is 0 Å². The van der Waals surface area contributed by atoms with E-state index in [-0.39, 0.29) is 0 Å². The second-order valence-corrected chi connectivity index (χ2v) is 5.99. The number of halogens is 1. The lowest BCUT2D eigenvalue weighted by atomic mass is 10.1. The van der Waals surface area contributed by atoms with E-state index >= 15 is 0 Å². The summed E-state index contributed by atoms with van der Waals surface area (Å²) in [5, 5.41) is 24.5. The molecule has 0 aliphatic carbocycles. The number of carboxylic acid groups (broad SMARTS) is 1. The Hall–Kier alpha value is -2.48. The second-order valence-electron chi connectivity index (χ2n) is 5.55. The van der Waals surface area contributed by atoms with Crippen LogP contribution in [0.1, 0.15) is 39.2 Å². The number of nitrogens with one attached hydrogen (secondary N) is 1. The first kappa shape index (κ1) is 18.9. The molecular weight excluding hydrogens is 346 g/mol. The molecule has 0 aliphatic heterocycles. The van der Waals surface area contributed by atoms with Gasteiger partial charge in [0.25, 0.3) is 0 Å². The molecule has 0 spiro atoms. The van der Waals surface area contributed by atoms with Gasteiger partial charge in [0.2, 0.25) is 11.7 Å². The summed E-state index contributed by atoms with van der Waals surface area (Å²) in [6, 6.07) is 5.28. The van der Waals surface area contributed by atoms with Crippen molar-refractivity contribution in [2.24, 2.45) is 0 Å². The number of benzene rings is 1.